The molecule has 31 heavy (non-hydrogen) atoms. The Morgan fingerprint density at radius 1 is 0.968 bits per heavy atom. The van der Waals surface area contributed by atoms with Crippen molar-refractivity contribution in [2.24, 2.45) is 5.92 Å². The number of likely N-dealkylation sites (N-methyl/N-ethyl adjacent to an activating group) is 1. The van der Waals surface area contributed by atoms with Crippen molar-refractivity contribution in [2.75, 3.05) is 37.0 Å². The van der Waals surface area contributed by atoms with Gasteiger partial charge >= 0.3 is 12.1 Å². The SMILES string of the molecule is CC(C)CCNC(=O)[N]C(=O)N(C)c1ccccc1OCC(=O)N(C)c1ccccc1. The average Bonchev–Trinajstić information content (AvgIpc) is 2.76. The number of rotatable bonds is 8. The number of nitrogens with zero attached hydrogens (tertiary/aromatic N) is 3. The molecule has 0 aliphatic rings. The van der Waals surface area contributed by atoms with Crippen LogP contribution in [0.5, 0.6) is 5.75 Å². The van der Waals surface area contributed by atoms with Gasteiger partial charge in [0.15, 0.2) is 6.61 Å². The van der Waals surface area contributed by atoms with Crippen molar-refractivity contribution >= 4 is 29.3 Å². The molecular formula is C23H29N4O4. The molecule has 0 heterocycles. The minimum Gasteiger partial charge on any atom is -0.482 e. The molecular weight excluding hydrogens is 396 g/mol. The van der Waals surface area contributed by atoms with Crippen molar-refractivity contribution in [3.05, 3.63) is 54.6 Å². The fourth-order valence-electron chi connectivity index (χ4n) is 2.66. The van der Waals surface area contributed by atoms with Crippen LogP contribution in [-0.4, -0.2) is 45.2 Å². The molecule has 0 fully saturated rings. The van der Waals surface area contributed by atoms with Gasteiger partial charge in [0.25, 0.3) is 5.91 Å². The Kier molecular flexibility index (Phi) is 8.87. The second kappa shape index (κ2) is 11.6. The third kappa shape index (κ3) is 7.33. The molecule has 1 N–H and O–H groups in total. The van der Waals surface area contributed by atoms with Gasteiger partial charge in [-0.15, -0.1) is 5.32 Å². The van der Waals surface area contributed by atoms with Crippen LogP contribution in [0.2, 0.25) is 0 Å². The molecule has 0 unspecified atom stereocenters. The van der Waals surface area contributed by atoms with Gasteiger partial charge in [-0.25, -0.2) is 9.59 Å². The van der Waals surface area contributed by atoms with Crippen molar-refractivity contribution in [1.82, 2.24) is 10.6 Å². The minimum absolute atomic E-state index is 0.211. The number of hydrogen-bond acceptors (Lipinski definition) is 4. The molecule has 0 aliphatic carbocycles. The average molecular weight is 426 g/mol. The third-order valence-electron chi connectivity index (χ3n) is 4.58. The smallest absolute Gasteiger partial charge is 0.352 e. The molecule has 8 nitrogen and oxygen atoms in total. The number of imide groups is 1. The molecule has 1 radical (unpaired) electrons. The Labute approximate surface area is 183 Å². The molecule has 5 amide bonds. The molecule has 2 rings (SSSR count). The van der Waals surface area contributed by atoms with Crippen molar-refractivity contribution in [2.45, 2.75) is 20.3 Å². The molecule has 165 valence electrons. The topological polar surface area (TPSA) is 93.0 Å². The lowest BCUT2D eigenvalue weighted by Gasteiger charge is -2.21. The van der Waals surface area contributed by atoms with Crippen molar-refractivity contribution in [1.29, 1.82) is 0 Å². The quantitative estimate of drug-likeness (QED) is 0.699. The van der Waals surface area contributed by atoms with Crippen LogP contribution in [0.4, 0.5) is 21.0 Å². The molecule has 0 atom stereocenters. The largest absolute Gasteiger partial charge is 0.482 e. The van der Waals surface area contributed by atoms with Crippen LogP contribution >= 0.6 is 0 Å². The summed E-state index contributed by atoms with van der Waals surface area (Å²) >= 11 is 0. The summed E-state index contributed by atoms with van der Waals surface area (Å²) in [6, 6.07) is 14.6. The highest BCUT2D eigenvalue weighted by molar-refractivity contribution is 6.02. The second-order valence-corrected chi connectivity index (χ2v) is 7.41. The number of benzene rings is 2. The van der Waals surface area contributed by atoms with E-state index in [1.807, 2.05) is 44.2 Å². The lowest BCUT2D eigenvalue weighted by Crippen LogP contribution is -2.41. The fraction of sp³-hybridized carbons (Fsp3) is 0.348. The Morgan fingerprint density at radius 2 is 1.61 bits per heavy atom. The van der Waals surface area contributed by atoms with Crippen molar-refractivity contribution < 1.29 is 19.1 Å². The summed E-state index contributed by atoms with van der Waals surface area (Å²) in [4.78, 5) is 39.5. The predicted octanol–water partition coefficient (Wildman–Crippen LogP) is 3.64. The van der Waals surface area contributed by atoms with Crippen LogP contribution in [0.25, 0.3) is 0 Å². The summed E-state index contributed by atoms with van der Waals surface area (Å²) in [5.74, 6) is 0.527. The number of ether oxygens (including phenoxy) is 1. The maximum atomic E-state index is 12.5. The van der Waals surface area contributed by atoms with Crippen LogP contribution in [0.15, 0.2) is 54.6 Å². The summed E-state index contributed by atoms with van der Waals surface area (Å²) in [5.41, 5.74) is 1.15. The highest BCUT2D eigenvalue weighted by Crippen LogP contribution is 2.27. The number of hydrogen-bond donors (Lipinski definition) is 1. The number of amides is 5. The second-order valence-electron chi connectivity index (χ2n) is 7.41. The number of nitrogens with one attached hydrogen (secondary N) is 1. The number of carbonyl (C=O) groups is 3. The molecule has 0 saturated carbocycles. The minimum atomic E-state index is -0.731. The fourth-order valence-corrected chi connectivity index (χ4v) is 2.66. The maximum absolute atomic E-state index is 12.5. The first-order valence-corrected chi connectivity index (χ1v) is 10.1. The van der Waals surface area contributed by atoms with Crippen LogP contribution < -0.4 is 25.2 Å². The molecule has 0 aliphatic heterocycles. The number of anilines is 2. The zero-order valence-corrected chi connectivity index (χ0v) is 18.4. The first-order valence-electron chi connectivity index (χ1n) is 10.1. The number of para-hydroxylation sites is 3. The number of urea groups is 2. The van der Waals surface area contributed by atoms with E-state index in [2.05, 4.69) is 10.6 Å². The Bertz CT molecular complexity index is 886. The zero-order chi connectivity index (χ0) is 22.8. The first-order chi connectivity index (χ1) is 14.8. The van der Waals surface area contributed by atoms with Crippen molar-refractivity contribution in [3.63, 3.8) is 0 Å². The third-order valence-corrected chi connectivity index (χ3v) is 4.58. The summed E-state index contributed by atoms with van der Waals surface area (Å²) in [6.07, 6.45) is 0.799. The van der Waals surface area contributed by atoms with E-state index in [1.54, 1.807) is 31.3 Å². The van der Waals surface area contributed by atoms with Gasteiger partial charge in [-0.1, -0.05) is 44.2 Å². The van der Waals surface area contributed by atoms with Gasteiger partial charge in [-0.05, 0) is 36.6 Å². The van der Waals surface area contributed by atoms with E-state index in [0.29, 0.717) is 23.9 Å². The molecule has 2 aromatic carbocycles. The standard InChI is InChI=1S/C23H29N4O4/c1-17(2)14-15-24-22(29)25-23(30)27(4)19-12-8-9-13-20(19)31-16-21(28)26(3)18-10-6-5-7-11-18/h5-13,17H,14-16H2,1-4H3,(H,24,29). The number of carbonyl (C=O) groups excluding carboxylic acids is 3. The van der Waals surface area contributed by atoms with Gasteiger partial charge in [0.2, 0.25) is 0 Å². The summed E-state index contributed by atoms with van der Waals surface area (Å²) in [6.45, 7) is 4.33. The van der Waals surface area contributed by atoms with Gasteiger partial charge in [0, 0.05) is 26.3 Å². The summed E-state index contributed by atoms with van der Waals surface area (Å²) in [7, 11) is 3.16. The maximum Gasteiger partial charge on any atom is 0.352 e. The predicted molar refractivity (Wildman–Crippen MR) is 121 cm³/mol. The van der Waals surface area contributed by atoms with E-state index in [9.17, 15) is 14.4 Å². The zero-order valence-electron chi connectivity index (χ0n) is 18.4. The van der Waals surface area contributed by atoms with Gasteiger partial charge in [0.05, 0.1) is 5.69 Å². The Balaban J connectivity index is 1.96. The van der Waals surface area contributed by atoms with Crippen LogP contribution in [0.1, 0.15) is 20.3 Å². The van der Waals surface area contributed by atoms with Crippen LogP contribution in [-0.2, 0) is 4.79 Å². The molecule has 0 aromatic heterocycles. The lowest BCUT2D eigenvalue weighted by atomic mass is 10.1. The Hall–Kier alpha value is -3.55. The highest BCUT2D eigenvalue weighted by atomic mass is 16.5. The van der Waals surface area contributed by atoms with Crippen molar-refractivity contribution in [3.8, 4) is 5.75 Å². The van der Waals surface area contributed by atoms with E-state index < -0.39 is 12.1 Å². The van der Waals surface area contributed by atoms with Gasteiger partial charge < -0.3 is 15.0 Å². The molecule has 0 saturated heterocycles. The van der Waals surface area contributed by atoms with E-state index in [-0.39, 0.29) is 12.5 Å². The Morgan fingerprint density at radius 3 is 2.29 bits per heavy atom. The van der Waals surface area contributed by atoms with Gasteiger partial charge in [-0.3, -0.25) is 9.69 Å². The summed E-state index contributed by atoms with van der Waals surface area (Å²) in [5, 5.41) is 6.16. The lowest BCUT2D eigenvalue weighted by molar-refractivity contribution is -0.120. The van der Waals surface area contributed by atoms with E-state index in [0.717, 1.165) is 12.1 Å². The van der Waals surface area contributed by atoms with Crippen LogP contribution in [0.3, 0.4) is 0 Å². The molecule has 0 bridgehead atoms. The normalized spacial score (nSPS) is 10.4. The van der Waals surface area contributed by atoms with Gasteiger partial charge in [-0.2, -0.15) is 0 Å². The first kappa shape index (κ1) is 23.7. The molecule has 8 heteroatoms. The summed E-state index contributed by atoms with van der Waals surface area (Å²) < 4.78 is 5.68. The highest BCUT2D eigenvalue weighted by Gasteiger charge is 2.20. The molecule has 0 spiro atoms. The van der Waals surface area contributed by atoms with E-state index in [1.165, 1.54) is 16.8 Å². The van der Waals surface area contributed by atoms with Gasteiger partial charge in [0.1, 0.15) is 5.75 Å². The van der Waals surface area contributed by atoms with E-state index >= 15 is 0 Å². The molecule has 2 aromatic rings. The monoisotopic (exact) mass is 425 g/mol. The van der Waals surface area contributed by atoms with E-state index in [4.69, 9.17) is 4.74 Å². The van der Waals surface area contributed by atoms with Crippen LogP contribution in [0, 0.1) is 5.92 Å².